The third-order valence-corrected chi connectivity index (χ3v) is 8.37. The largest absolute Gasteiger partial charge is 0.457 e. The van der Waals surface area contributed by atoms with Gasteiger partial charge in [0.25, 0.3) is 11.8 Å². The van der Waals surface area contributed by atoms with Gasteiger partial charge in [-0.25, -0.2) is 0 Å². The van der Waals surface area contributed by atoms with Gasteiger partial charge in [-0.05, 0) is 122 Å². The van der Waals surface area contributed by atoms with Crippen LogP contribution in [0.2, 0.25) is 0 Å². The molecule has 1 aliphatic heterocycles. The van der Waals surface area contributed by atoms with Crippen molar-refractivity contribution in [1.29, 1.82) is 0 Å². The normalized spacial score (nSPS) is 16.7. The van der Waals surface area contributed by atoms with Crippen LogP contribution in [-0.2, 0) is 22.4 Å². The fourth-order valence-electron chi connectivity index (χ4n) is 4.92. The summed E-state index contributed by atoms with van der Waals surface area (Å²) in [6, 6.07) is 21.1. The molecule has 6 rings (SSSR count). The maximum absolute atomic E-state index is 13.5. The van der Waals surface area contributed by atoms with E-state index in [1.54, 1.807) is 41.7 Å². The molecule has 1 saturated heterocycles. The van der Waals surface area contributed by atoms with Gasteiger partial charge >= 0.3 is 0 Å². The molecule has 1 N–H and O–H groups in total. The highest BCUT2D eigenvalue weighted by molar-refractivity contribution is 7.80. The van der Waals surface area contributed by atoms with Crippen LogP contribution in [0.15, 0.2) is 72.3 Å². The highest BCUT2D eigenvalue weighted by atomic mass is 32.1. The van der Waals surface area contributed by atoms with Crippen LogP contribution in [0.5, 0.6) is 11.5 Å². The summed E-state index contributed by atoms with van der Waals surface area (Å²) in [7, 11) is 0. The molecule has 4 aromatic rings. The fraction of sp³-hybridized carbons (Fsp3) is 0.167. The van der Waals surface area contributed by atoms with E-state index in [4.69, 9.17) is 17.0 Å². The molecule has 5 nitrogen and oxygen atoms in total. The lowest BCUT2D eigenvalue weighted by atomic mass is 9.90. The summed E-state index contributed by atoms with van der Waals surface area (Å²) in [6.07, 6.45) is 6.38. The Kier molecular flexibility index (Phi) is 6.10. The smallest absolute Gasteiger partial charge is 0.270 e. The molecule has 2 amide bonds. The number of carbonyl (C=O) groups excluding carboxylic acids is 2. The molecule has 1 fully saturated rings. The number of aryl methyl sites for hydroxylation is 3. The number of para-hydroxylation sites is 1. The number of nitrogens with zero attached hydrogens (tertiary/aromatic N) is 1. The summed E-state index contributed by atoms with van der Waals surface area (Å²) in [5, 5.41) is 3.94. The van der Waals surface area contributed by atoms with Gasteiger partial charge in [-0.1, -0.05) is 18.2 Å². The number of thiocarbonyl (C=S) groups is 1. The van der Waals surface area contributed by atoms with E-state index in [-0.39, 0.29) is 10.7 Å². The minimum absolute atomic E-state index is 0.0598. The molecule has 184 valence electrons. The Labute approximate surface area is 224 Å². The minimum Gasteiger partial charge on any atom is -0.457 e. The number of nitrogens with one attached hydrogen (secondary N) is 1. The van der Waals surface area contributed by atoms with Crippen molar-refractivity contribution in [1.82, 2.24) is 5.32 Å². The zero-order valence-corrected chi connectivity index (χ0v) is 21.9. The van der Waals surface area contributed by atoms with Gasteiger partial charge in [0.15, 0.2) is 5.11 Å². The summed E-state index contributed by atoms with van der Waals surface area (Å²) >= 11 is 6.99. The summed E-state index contributed by atoms with van der Waals surface area (Å²) < 4.78 is 7.04. The molecule has 0 unspecified atom stereocenters. The molecule has 2 aliphatic rings. The second kappa shape index (κ2) is 9.57. The number of hydrogen-bond donors (Lipinski definition) is 1. The highest BCUT2D eigenvalue weighted by Crippen LogP contribution is 2.37. The van der Waals surface area contributed by atoms with Crippen LogP contribution < -0.4 is 15.0 Å². The van der Waals surface area contributed by atoms with Gasteiger partial charge in [-0.2, -0.15) is 0 Å². The number of rotatable bonds is 4. The van der Waals surface area contributed by atoms with Crippen LogP contribution in [0.3, 0.4) is 0 Å². The topological polar surface area (TPSA) is 58.6 Å². The predicted octanol–water partition coefficient (Wildman–Crippen LogP) is 6.71. The van der Waals surface area contributed by atoms with Gasteiger partial charge in [-0.3, -0.25) is 19.8 Å². The maximum atomic E-state index is 13.5. The maximum Gasteiger partial charge on any atom is 0.270 e. The number of benzene rings is 3. The van der Waals surface area contributed by atoms with Crippen LogP contribution >= 0.6 is 23.6 Å². The first-order valence-electron chi connectivity index (χ1n) is 12.3. The molecule has 0 saturated carbocycles. The second-order valence-electron chi connectivity index (χ2n) is 9.28. The van der Waals surface area contributed by atoms with Gasteiger partial charge in [0, 0.05) is 9.58 Å². The van der Waals surface area contributed by atoms with Crippen LogP contribution in [0, 0.1) is 6.92 Å². The molecule has 1 aromatic heterocycles. The van der Waals surface area contributed by atoms with Crippen molar-refractivity contribution >= 4 is 62.3 Å². The van der Waals surface area contributed by atoms with Gasteiger partial charge in [-0.15, -0.1) is 11.3 Å². The summed E-state index contributed by atoms with van der Waals surface area (Å²) in [5.74, 6) is 0.429. The van der Waals surface area contributed by atoms with Gasteiger partial charge in [0.1, 0.15) is 17.1 Å². The number of hydrogen-bond acceptors (Lipinski definition) is 5. The average Bonchev–Trinajstić information content (AvgIpc) is 3.20. The summed E-state index contributed by atoms with van der Waals surface area (Å²) in [6.45, 7) is 2.06. The lowest BCUT2D eigenvalue weighted by molar-refractivity contribution is -0.122. The van der Waals surface area contributed by atoms with Crippen molar-refractivity contribution in [2.24, 2.45) is 0 Å². The number of fused-ring (bicyclic) bond motifs is 2. The van der Waals surface area contributed by atoms with Crippen molar-refractivity contribution in [3.8, 4) is 11.5 Å². The summed E-state index contributed by atoms with van der Waals surface area (Å²) in [4.78, 5) is 28.7. The molecule has 0 radical (unpaired) electrons. The van der Waals surface area contributed by atoms with E-state index in [2.05, 4.69) is 24.4 Å². The van der Waals surface area contributed by atoms with Crippen molar-refractivity contribution in [2.45, 2.75) is 32.6 Å². The molecule has 0 bridgehead atoms. The molecule has 7 heteroatoms. The highest BCUT2D eigenvalue weighted by Gasteiger charge is 2.35. The van der Waals surface area contributed by atoms with E-state index >= 15 is 0 Å². The lowest BCUT2D eigenvalue weighted by Crippen LogP contribution is -2.54. The zero-order chi connectivity index (χ0) is 25.5. The van der Waals surface area contributed by atoms with Crippen LogP contribution in [0.25, 0.3) is 16.2 Å². The third kappa shape index (κ3) is 4.45. The Balaban J connectivity index is 1.31. The predicted molar refractivity (Wildman–Crippen MR) is 152 cm³/mol. The molecule has 1 aliphatic carbocycles. The SMILES string of the molecule is Cc1c(/C=C2\C(=O)NC(=S)N(c3ccc(Oc4ccccc4)cc3)C2=O)sc2cc3c(cc12)CCCC3. The number of ether oxygens (including phenoxy) is 1. The van der Waals surface area contributed by atoms with Crippen molar-refractivity contribution in [3.05, 3.63) is 93.9 Å². The Hall–Kier alpha value is -3.81. The molecule has 2 heterocycles. The van der Waals surface area contributed by atoms with E-state index in [0.717, 1.165) is 29.0 Å². The van der Waals surface area contributed by atoms with Crippen LogP contribution in [0.4, 0.5) is 5.69 Å². The first-order chi connectivity index (χ1) is 18.0. The van der Waals surface area contributed by atoms with E-state index in [0.29, 0.717) is 11.4 Å². The lowest BCUT2D eigenvalue weighted by Gasteiger charge is -2.29. The van der Waals surface area contributed by atoms with Gasteiger partial charge in [0.2, 0.25) is 0 Å². The molecular formula is C30H24N2O3S2. The Bertz CT molecular complexity index is 1590. The third-order valence-electron chi connectivity index (χ3n) is 6.89. The molecular weight excluding hydrogens is 500 g/mol. The monoisotopic (exact) mass is 524 g/mol. The van der Waals surface area contributed by atoms with Crippen LogP contribution in [-0.4, -0.2) is 16.9 Å². The molecule has 37 heavy (non-hydrogen) atoms. The Morgan fingerprint density at radius 3 is 2.35 bits per heavy atom. The first-order valence-corrected chi connectivity index (χ1v) is 13.5. The van der Waals surface area contributed by atoms with Crippen molar-refractivity contribution < 1.29 is 14.3 Å². The minimum atomic E-state index is -0.480. The number of amides is 2. The molecule has 3 aromatic carbocycles. The fourth-order valence-corrected chi connectivity index (χ4v) is 6.40. The Morgan fingerprint density at radius 2 is 1.62 bits per heavy atom. The number of anilines is 1. The molecule has 0 atom stereocenters. The van der Waals surface area contributed by atoms with Crippen molar-refractivity contribution in [3.63, 3.8) is 0 Å². The summed E-state index contributed by atoms with van der Waals surface area (Å²) in [5.41, 5.74) is 4.55. The van der Waals surface area contributed by atoms with Gasteiger partial charge < -0.3 is 4.74 Å². The van der Waals surface area contributed by atoms with Crippen molar-refractivity contribution in [2.75, 3.05) is 4.90 Å². The average molecular weight is 525 g/mol. The number of carbonyl (C=O) groups is 2. The molecule has 0 spiro atoms. The van der Waals surface area contributed by atoms with E-state index < -0.39 is 11.8 Å². The van der Waals surface area contributed by atoms with E-state index in [1.165, 1.54) is 39.0 Å². The quantitative estimate of drug-likeness (QED) is 0.183. The Morgan fingerprint density at radius 1 is 0.946 bits per heavy atom. The first kappa shape index (κ1) is 23.6. The van der Waals surface area contributed by atoms with E-state index in [1.807, 2.05) is 30.3 Å². The van der Waals surface area contributed by atoms with Gasteiger partial charge in [0.05, 0.1) is 5.69 Å². The van der Waals surface area contributed by atoms with Crippen LogP contribution in [0.1, 0.15) is 34.4 Å². The standard InChI is InChI=1S/C30H24N2O3S2/c1-18-24-15-19-7-5-6-8-20(19)16-27(24)37-26(18)17-25-28(33)31-30(36)32(29(25)34)21-11-13-23(14-12-21)35-22-9-3-2-4-10-22/h2-4,9-17H,5-8H2,1H3,(H,31,33,36)/b25-17+. The zero-order valence-electron chi connectivity index (χ0n) is 20.2. The van der Waals surface area contributed by atoms with E-state index in [9.17, 15) is 9.59 Å². The second-order valence-corrected chi connectivity index (χ2v) is 10.8. The number of thiophene rings is 1.